The first kappa shape index (κ1) is 14.5. The van der Waals surface area contributed by atoms with Gasteiger partial charge in [-0.2, -0.15) is 0 Å². The van der Waals surface area contributed by atoms with E-state index in [1.807, 2.05) is 48.5 Å². The monoisotopic (exact) mass is 330 g/mol. The van der Waals surface area contributed by atoms with Crippen LogP contribution in [0.4, 0.5) is 0 Å². The number of carbonyl (C=O) groups excluding carboxylic acids is 1. The number of alkyl halides is 1. The summed E-state index contributed by atoms with van der Waals surface area (Å²) in [6.07, 6.45) is 2.38. The number of hydrogen-bond acceptors (Lipinski definition) is 2. The Morgan fingerprint density at radius 2 is 1.95 bits per heavy atom. The minimum atomic E-state index is 0.763. The molecular weight excluding hydrogens is 316 g/mol. The van der Waals surface area contributed by atoms with Crippen LogP contribution in [-0.2, 0) is 10.1 Å². The maximum atomic E-state index is 11.0. The van der Waals surface area contributed by atoms with E-state index in [4.69, 9.17) is 4.74 Å². The fourth-order valence-corrected chi connectivity index (χ4v) is 2.42. The average Bonchev–Trinajstić information content (AvgIpc) is 2.53. The van der Waals surface area contributed by atoms with Crippen molar-refractivity contribution < 1.29 is 9.53 Å². The highest BCUT2D eigenvalue weighted by atomic mass is 79.9. The Bertz CT molecular complexity index is 618. The van der Waals surface area contributed by atoms with Gasteiger partial charge in [-0.05, 0) is 28.8 Å². The number of hydrogen-bond donors (Lipinski definition) is 0. The van der Waals surface area contributed by atoms with Crippen molar-refractivity contribution in [2.45, 2.75) is 5.33 Å². The van der Waals surface area contributed by atoms with Crippen molar-refractivity contribution in [2.24, 2.45) is 0 Å². The van der Waals surface area contributed by atoms with Gasteiger partial charge in [-0.25, -0.2) is 0 Å². The molecule has 0 unspecified atom stereocenters. The molecule has 0 spiro atoms. The van der Waals surface area contributed by atoms with Crippen LogP contribution in [0.1, 0.15) is 16.7 Å². The van der Waals surface area contributed by atoms with Gasteiger partial charge in [0.05, 0.1) is 7.11 Å². The highest BCUT2D eigenvalue weighted by Gasteiger charge is 2.11. The SMILES string of the molecule is COc1cc(CBr)ccc1/C(=C\C=O)c1ccccc1. The third kappa shape index (κ3) is 3.17. The van der Waals surface area contributed by atoms with Crippen LogP contribution in [-0.4, -0.2) is 13.4 Å². The molecule has 0 N–H and O–H groups in total. The Morgan fingerprint density at radius 3 is 2.55 bits per heavy atom. The number of aldehydes is 1. The number of benzene rings is 2. The summed E-state index contributed by atoms with van der Waals surface area (Å²) in [7, 11) is 1.64. The van der Waals surface area contributed by atoms with Gasteiger partial charge in [-0.15, -0.1) is 0 Å². The maximum absolute atomic E-state index is 11.0. The van der Waals surface area contributed by atoms with E-state index < -0.39 is 0 Å². The zero-order valence-corrected chi connectivity index (χ0v) is 12.8. The van der Waals surface area contributed by atoms with Gasteiger partial charge in [-0.1, -0.05) is 58.4 Å². The lowest BCUT2D eigenvalue weighted by Crippen LogP contribution is -1.95. The molecule has 2 aromatic rings. The van der Waals surface area contributed by atoms with Gasteiger partial charge in [0.1, 0.15) is 12.0 Å². The molecule has 0 bridgehead atoms. The summed E-state index contributed by atoms with van der Waals surface area (Å²) < 4.78 is 5.46. The number of rotatable bonds is 5. The summed E-state index contributed by atoms with van der Waals surface area (Å²) in [5.74, 6) is 0.763. The van der Waals surface area contributed by atoms with E-state index in [1.165, 1.54) is 0 Å². The molecule has 0 aliphatic rings. The maximum Gasteiger partial charge on any atom is 0.143 e. The van der Waals surface area contributed by atoms with E-state index in [1.54, 1.807) is 13.2 Å². The summed E-state index contributed by atoms with van der Waals surface area (Å²) in [6, 6.07) is 15.8. The van der Waals surface area contributed by atoms with Crippen molar-refractivity contribution in [1.29, 1.82) is 0 Å². The van der Waals surface area contributed by atoms with E-state index in [0.717, 1.165) is 39.6 Å². The molecule has 0 aromatic heterocycles. The van der Waals surface area contributed by atoms with Crippen molar-refractivity contribution >= 4 is 27.8 Å². The molecule has 0 fully saturated rings. The topological polar surface area (TPSA) is 26.3 Å². The molecule has 0 aliphatic heterocycles. The van der Waals surface area contributed by atoms with Crippen LogP contribution in [0.3, 0.4) is 0 Å². The van der Waals surface area contributed by atoms with E-state index in [9.17, 15) is 4.79 Å². The van der Waals surface area contributed by atoms with Crippen molar-refractivity contribution in [3.05, 3.63) is 71.3 Å². The van der Waals surface area contributed by atoms with Crippen molar-refractivity contribution in [3.63, 3.8) is 0 Å². The lowest BCUT2D eigenvalue weighted by atomic mass is 9.96. The first-order valence-corrected chi connectivity index (χ1v) is 7.36. The van der Waals surface area contributed by atoms with Crippen LogP contribution in [0, 0.1) is 0 Å². The number of allylic oxidation sites excluding steroid dienone is 1. The molecule has 2 nitrogen and oxygen atoms in total. The molecule has 0 amide bonds. The Labute approximate surface area is 127 Å². The Morgan fingerprint density at radius 1 is 1.20 bits per heavy atom. The number of methoxy groups -OCH3 is 1. The van der Waals surface area contributed by atoms with Gasteiger partial charge < -0.3 is 4.74 Å². The molecule has 2 rings (SSSR count). The van der Waals surface area contributed by atoms with Crippen molar-refractivity contribution in [3.8, 4) is 5.75 Å². The molecular formula is C17H15BrO2. The number of carbonyl (C=O) groups is 1. The molecule has 0 heterocycles. The highest BCUT2D eigenvalue weighted by molar-refractivity contribution is 9.08. The minimum Gasteiger partial charge on any atom is -0.496 e. The zero-order valence-electron chi connectivity index (χ0n) is 11.2. The molecule has 20 heavy (non-hydrogen) atoms. The first-order chi connectivity index (χ1) is 9.80. The summed E-state index contributed by atoms with van der Waals surface area (Å²) in [4.78, 5) is 11.0. The molecule has 2 aromatic carbocycles. The van der Waals surface area contributed by atoms with Crippen LogP contribution in [0.2, 0.25) is 0 Å². The Hall–Kier alpha value is -1.87. The lowest BCUT2D eigenvalue weighted by molar-refractivity contribution is -0.104. The molecule has 102 valence electrons. The van der Waals surface area contributed by atoms with Gasteiger partial charge in [0.2, 0.25) is 0 Å². The smallest absolute Gasteiger partial charge is 0.143 e. The largest absolute Gasteiger partial charge is 0.496 e. The van der Waals surface area contributed by atoms with E-state index in [0.29, 0.717) is 0 Å². The predicted molar refractivity (Wildman–Crippen MR) is 85.2 cm³/mol. The Balaban J connectivity index is 2.56. The van der Waals surface area contributed by atoms with E-state index >= 15 is 0 Å². The second kappa shape index (κ2) is 7.06. The third-order valence-electron chi connectivity index (χ3n) is 3.03. The quantitative estimate of drug-likeness (QED) is 0.466. The molecule has 0 saturated carbocycles. The number of halogens is 1. The van der Waals surface area contributed by atoms with Gasteiger partial charge in [0.15, 0.2) is 0 Å². The second-order valence-corrected chi connectivity index (χ2v) is 4.81. The van der Waals surface area contributed by atoms with Gasteiger partial charge in [0.25, 0.3) is 0 Å². The molecule has 0 saturated heterocycles. The van der Waals surface area contributed by atoms with Gasteiger partial charge in [-0.3, -0.25) is 4.79 Å². The lowest BCUT2D eigenvalue weighted by Gasteiger charge is -2.13. The standard InChI is InChI=1S/C17H15BrO2/c1-20-17-11-13(12-18)7-8-16(17)15(9-10-19)14-5-3-2-4-6-14/h2-11H,12H2,1H3/b15-9-. The van der Waals surface area contributed by atoms with Crippen molar-refractivity contribution in [1.82, 2.24) is 0 Å². The van der Waals surface area contributed by atoms with Gasteiger partial charge in [0, 0.05) is 10.9 Å². The summed E-state index contributed by atoms with van der Waals surface area (Å²) in [5, 5.41) is 0.766. The minimum absolute atomic E-state index is 0.763. The van der Waals surface area contributed by atoms with Crippen LogP contribution >= 0.6 is 15.9 Å². The summed E-state index contributed by atoms with van der Waals surface area (Å²) in [6.45, 7) is 0. The summed E-state index contributed by atoms with van der Waals surface area (Å²) >= 11 is 3.43. The molecule has 0 aliphatic carbocycles. The van der Waals surface area contributed by atoms with E-state index in [2.05, 4.69) is 15.9 Å². The number of ether oxygens (including phenoxy) is 1. The predicted octanol–water partition coefficient (Wildman–Crippen LogP) is 4.22. The van der Waals surface area contributed by atoms with E-state index in [-0.39, 0.29) is 0 Å². The third-order valence-corrected chi connectivity index (χ3v) is 3.68. The fraction of sp³-hybridized carbons (Fsp3) is 0.118. The van der Waals surface area contributed by atoms with Gasteiger partial charge >= 0.3 is 0 Å². The average molecular weight is 331 g/mol. The van der Waals surface area contributed by atoms with Crippen LogP contribution in [0.25, 0.3) is 5.57 Å². The zero-order chi connectivity index (χ0) is 14.4. The Kier molecular flexibility index (Phi) is 5.13. The highest BCUT2D eigenvalue weighted by Crippen LogP contribution is 2.32. The normalized spacial score (nSPS) is 11.2. The second-order valence-electron chi connectivity index (χ2n) is 4.25. The van der Waals surface area contributed by atoms with Crippen LogP contribution < -0.4 is 4.74 Å². The molecule has 0 radical (unpaired) electrons. The van der Waals surface area contributed by atoms with Crippen LogP contribution in [0.5, 0.6) is 5.75 Å². The summed E-state index contributed by atoms with van der Waals surface area (Å²) in [5.41, 5.74) is 3.89. The molecule has 0 atom stereocenters. The van der Waals surface area contributed by atoms with Crippen molar-refractivity contribution in [2.75, 3.05) is 7.11 Å². The van der Waals surface area contributed by atoms with Crippen LogP contribution in [0.15, 0.2) is 54.6 Å². The molecule has 3 heteroatoms. The first-order valence-electron chi connectivity index (χ1n) is 6.24. The fourth-order valence-electron chi connectivity index (χ4n) is 2.07.